The lowest BCUT2D eigenvalue weighted by molar-refractivity contribution is 0.0963. The van der Waals surface area contributed by atoms with Crippen LogP contribution in [0.2, 0.25) is 0 Å². The third kappa shape index (κ3) is 2.35. The van der Waals surface area contributed by atoms with E-state index in [4.69, 9.17) is 5.73 Å². The molecule has 0 unspecified atom stereocenters. The molecule has 3 N–H and O–H groups in total. The fourth-order valence-electron chi connectivity index (χ4n) is 1.50. The standard InChI is InChI=1S/C12H11BrN2OS/c1-2-5-15-12(16)11-10(14)8-4-3-7(13)6-9(8)17-11/h2-4,6H,1,5,14H2,(H,15,16). The fraction of sp³-hybridized carbons (Fsp3) is 0.0833. The molecule has 0 aliphatic heterocycles. The highest BCUT2D eigenvalue weighted by molar-refractivity contribution is 9.10. The molecule has 0 aliphatic carbocycles. The van der Waals surface area contributed by atoms with E-state index in [0.717, 1.165) is 14.6 Å². The Morgan fingerprint density at radius 3 is 3.06 bits per heavy atom. The van der Waals surface area contributed by atoms with Crippen LogP contribution in [-0.2, 0) is 0 Å². The second-order valence-corrected chi connectivity index (χ2v) is 5.45. The predicted molar refractivity (Wildman–Crippen MR) is 76.5 cm³/mol. The third-order valence-corrected chi connectivity index (χ3v) is 3.96. The van der Waals surface area contributed by atoms with Crippen molar-refractivity contribution < 1.29 is 4.79 Å². The summed E-state index contributed by atoms with van der Waals surface area (Å²) in [6, 6.07) is 5.78. The summed E-state index contributed by atoms with van der Waals surface area (Å²) in [5.74, 6) is -0.153. The van der Waals surface area contributed by atoms with Gasteiger partial charge in [0.25, 0.3) is 5.91 Å². The molecule has 1 amide bonds. The zero-order valence-corrected chi connectivity index (χ0v) is 11.4. The number of thiophene rings is 1. The Hall–Kier alpha value is -1.33. The Morgan fingerprint density at radius 2 is 2.35 bits per heavy atom. The number of nitrogens with one attached hydrogen (secondary N) is 1. The summed E-state index contributed by atoms with van der Waals surface area (Å²) in [4.78, 5) is 12.4. The number of hydrogen-bond acceptors (Lipinski definition) is 3. The van der Waals surface area contributed by atoms with Gasteiger partial charge >= 0.3 is 0 Å². The molecule has 5 heteroatoms. The molecule has 1 aromatic heterocycles. The van der Waals surface area contributed by atoms with Crippen molar-refractivity contribution in [1.82, 2.24) is 5.32 Å². The minimum atomic E-state index is -0.153. The molecule has 2 rings (SSSR count). The van der Waals surface area contributed by atoms with E-state index in [2.05, 4.69) is 27.8 Å². The number of amides is 1. The van der Waals surface area contributed by atoms with Crippen LogP contribution >= 0.6 is 27.3 Å². The number of nitrogens with two attached hydrogens (primary N) is 1. The number of rotatable bonds is 3. The fourth-order valence-corrected chi connectivity index (χ4v) is 3.10. The number of benzene rings is 1. The highest BCUT2D eigenvalue weighted by Gasteiger charge is 2.15. The zero-order valence-electron chi connectivity index (χ0n) is 9.00. The minimum absolute atomic E-state index is 0.153. The molecule has 17 heavy (non-hydrogen) atoms. The SMILES string of the molecule is C=CCNC(=O)c1sc2cc(Br)ccc2c1N. The molecule has 1 aromatic carbocycles. The Balaban J connectivity index is 2.44. The van der Waals surface area contributed by atoms with Crippen LogP contribution < -0.4 is 11.1 Å². The van der Waals surface area contributed by atoms with E-state index in [1.54, 1.807) is 6.08 Å². The number of anilines is 1. The number of fused-ring (bicyclic) bond motifs is 1. The Labute approximate surface area is 111 Å². The van der Waals surface area contributed by atoms with Gasteiger partial charge in [0.05, 0.1) is 5.69 Å². The van der Waals surface area contributed by atoms with Crippen LogP contribution in [0.15, 0.2) is 35.3 Å². The van der Waals surface area contributed by atoms with E-state index in [-0.39, 0.29) is 5.91 Å². The molecule has 1 heterocycles. The monoisotopic (exact) mass is 310 g/mol. The summed E-state index contributed by atoms with van der Waals surface area (Å²) in [5.41, 5.74) is 6.51. The highest BCUT2D eigenvalue weighted by atomic mass is 79.9. The summed E-state index contributed by atoms with van der Waals surface area (Å²) in [6.45, 7) is 4.00. The van der Waals surface area contributed by atoms with Gasteiger partial charge in [-0.1, -0.05) is 28.1 Å². The van der Waals surface area contributed by atoms with Gasteiger partial charge in [-0.3, -0.25) is 4.79 Å². The quantitative estimate of drug-likeness (QED) is 0.856. The molecule has 0 saturated carbocycles. The molecule has 2 aromatic rings. The van der Waals surface area contributed by atoms with E-state index in [1.165, 1.54) is 11.3 Å². The highest BCUT2D eigenvalue weighted by Crippen LogP contribution is 2.35. The Bertz CT molecular complexity index is 591. The molecule has 0 atom stereocenters. The van der Waals surface area contributed by atoms with Gasteiger partial charge in [-0.25, -0.2) is 0 Å². The van der Waals surface area contributed by atoms with Crippen LogP contribution in [0.3, 0.4) is 0 Å². The van der Waals surface area contributed by atoms with Crippen molar-refractivity contribution in [3.05, 3.63) is 40.2 Å². The maximum Gasteiger partial charge on any atom is 0.263 e. The van der Waals surface area contributed by atoms with Crippen molar-refractivity contribution in [1.29, 1.82) is 0 Å². The van der Waals surface area contributed by atoms with Gasteiger partial charge < -0.3 is 11.1 Å². The first-order valence-electron chi connectivity index (χ1n) is 5.00. The molecule has 0 saturated heterocycles. The summed E-state index contributed by atoms with van der Waals surface area (Å²) in [5, 5.41) is 3.65. The van der Waals surface area contributed by atoms with Crippen molar-refractivity contribution in [2.45, 2.75) is 0 Å². The number of carbonyl (C=O) groups excluding carboxylic acids is 1. The average molecular weight is 311 g/mol. The number of carbonyl (C=O) groups is 1. The van der Waals surface area contributed by atoms with Crippen molar-refractivity contribution >= 4 is 48.9 Å². The topological polar surface area (TPSA) is 55.1 Å². The molecule has 0 aliphatic rings. The van der Waals surface area contributed by atoms with Gasteiger partial charge in [0, 0.05) is 21.1 Å². The molecule has 0 spiro atoms. The van der Waals surface area contributed by atoms with Crippen LogP contribution in [0.25, 0.3) is 10.1 Å². The maximum atomic E-state index is 11.8. The molecule has 0 fully saturated rings. The lowest BCUT2D eigenvalue weighted by Gasteiger charge is -2.00. The summed E-state index contributed by atoms with van der Waals surface area (Å²) in [6.07, 6.45) is 1.64. The van der Waals surface area contributed by atoms with E-state index in [9.17, 15) is 4.79 Å². The summed E-state index contributed by atoms with van der Waals surface area (Å²) in [7, 11) is 0. The minimum Gasteiger partial charge on any atom is -0.397 e. The van der Waals surface area contributed by atoms with Crippen molar-refractivity contribution in [3.8, 4) is 0 Å². The van der Waals surface area contributed by atoms with Crippen LogP contribution in [0, 0.1) is 0 Å². The molecule has 0 bridgehead atoms. The number of hydrogen-bond donors (Lipinski definition) is 2. The third-order valence-electron chi connectivity index (χ3n) is 2.30. The van der Waals surface area contributed by atoms with Gasteiger partial charge in [-0.15, -0.1) is 17.9 Å². The van der Waals surface area contributed by atoms with Gasteiger partial charge in [0.2, 0.25) is 0 Å². The second-order valence-electron chi connectivity index (χ2n) is 3.48. The average Bonchev–Trinajstić information content (AvgIpc) is 2.63. The van der Waals surface area contributed by atoms with Gasteiger partial charge in [-0.05, 0) is 12.1 Å². The van der Waals surface area contributed by atoms with E-state index >= 15 is 0 Å². The van der Waals surface area contributed by atoms with Crippen LogP contribution in [0.1, 0.15) is 9.67 Å². The van der Waals surface area contributed by atoms with E-state index in [1.807, 2.05) is 18.2 Å². The van der Waals surface area contributed by atoms with E-state index in [0.29, 0.717) is 17.1 Å². The predicted octanol–water partition coefficient (Wildman–Crippen LogP) is 3.16. The lowest BCUT2D eigenvalue weighted by atomic mass is 10.2. The van der Waals surface area contributed by atoms with E-state index < -0.39 is 0 Å². The molecule has 88 valence electrons. The largest absolute Gasteiger partial charge is 0.397 e. The number of halogens is 1. The van der Waals surface area contributed by atoms with Crippen LogP contribution in [0.4, 0.5) is 5.69 Å². The van der Waals surface area contributed by atoms with Gasteiger partial charge in [-0.2, -0.15) is 0 Å². The first-order valence-corrected chi connectivity index (χ1v) is 6.61. The molecular weight excluding hydrogens is 300 g/mol. The summed E-state index contributed by atoms with van der Waals surface area (Å²) < 4.78 is 1.98. The smallest absolute Gasteiger partial charge is 0.263 e. The molecular formula is C12H11BrN2OS. The normalized spacial score (nSPS) is 10.4. The second kappa shape index (κ2) is 4.89. The van der Waals surface area contributed by atoms with Crippen LogP contribution in [0.5, 0.6) is 0 Å². The van der Waals surface area contributed by atoms with Crippen LogP contribution in [-0.4, -0.2) is 12.5 Å². The molecule has 0 radical (unpaired) electrons. The number of nitrogen functional groups attached to an aromatic ring is 1. The van der Waals surface area contributed by atoms with Crippen molar-refractivity contribution in [2.24, 2.45) is 0 Å². The van der Waals surface area contributed by atoms with Crippen molar-refractivity contribution in [3.63, 3.8) is 0 Å². The first kappa shape index (κ1) is 12.1. The van der Waals surface area contributed by atoms with Gasteiger partial charge in [0.1, 0.15) is 4.88 Å². The van der Waals surface area contributed by atoms with Gasteiger partial charge in [0.15, 0.2) is 0 Å². The first-order chi connectivity index (χ1) is 8.13. The lowest BCUT2D eigenvalue weighted by Crippen LogP contribution is -2.22. The Morgan fingerprint density at radius 1 is 1.59 bits per heavy atom. The Kier molecular flexibility index (Phi) is 3.49. The van der Waals surface area contributed by atoms with Crippen molar-refractivity contribution in [2.75, 3.05) is 12.3 Å². The zero-order chi connectivity index (χ0) is 12.4. The molecule has 3 nitrogen and oxygen atoms in total. The summed E-state index contributed by atoms with van der Waals surface area (Å²) >= 11 is 4.79. The maximum absolute atomic E-state index is 11.8.